The van der Waals surface area contributed by atoms with E-state index in [0.717, 1.165) is 12.8 Å². The lowest BCUT2D eigenvalue weighted by Crippen LogP contribution is -2.06. The summed E-state index contributed by atoms with van der Waals surface area (Å²) in [6.07, 6.45) is 12.4. The Morgan fingerprint density at radius 3 is 3.05 bits per heavy atom. The average Bonchev–Trinajstić information content (AvgIpc) is 2.97. The van der Waals surface area contributed by atoms with Crippen LogP contribution in [0.1, 0.15) is 30.2 Å². The van der Waals surface area contributed by atoms with Gasteiger partial charge in [0, 0.05) is 18.0 Å². The number of hydrogen-bond acceptors (Lipinski definition) is 4. The van der Waals surface area contributed by atoms with E-state index in [9.17, 15) is 5.11 Å². The highest BCUT2D eigenvalue weighted by Crippen LogP contribution is 2.24. The Morgan fingerprint density at radius 1 is 1.38 bits per heavy atom. The first-order valence-corrected chi connectivity index (χ1v) is 7.14. The lowest BCUT2D eigenvalue weighted by molar-refractivity contribution is 0.213. The summed E-state index contributed by atoms with van der Waals surface area (Å²) in [7, 11) is 0. The van der Waals surface area contributed by atoms with Gasteiger partial charge in [0.1, 0.15) is 17.6 Å². The van der Waals surface area contributed by atoms with Crippen molar-refractivity contribution in [2.75, 3.05) is 0 Å². The maximum atomic E-state index is 10.3. The Bertz CT molecular complexity index is 692. The molecule has 3 rings (SSSR count). The van der Waals surface area contributed by atoms with Crippen LogP contribution in [0.15, 0.2) is 48.6 Å². The monoisotopic (exact) mass is 302 g/mol. The van der Waals surface area contributed by atoms with Gasteiger partial charge < -0.3 is 5.11 Å². The first-order valence-electron chi connectivity index (χ1n) is 6.76. The van der Waals surface area contributed by atoms with E-state index in [1.54, 1.807) is 10.7 Å². The van der Waals surface area contributed by atoms with Crippen LogP contribution >= 0.6 is 11.6 Å². The van der Waals surface area contributed by atoms with Crippen molar-refractivity contribution < 1.29 is 5.11 Å². The van der Waals surface area contributed by atoms with Crippen LogP contribution in [0, 0.1) is 0 Å². The molecule has 2 heterocycles. The van der Waals surface area contributed by atoms with E-state index >= 15 is 0 Å². The van der Waals surface area contributed by atoms with Crippen LogP contribution in [0.5, 0.6) is 0 Å². The Balaban J connectivity index is 1.77. The molecule has 1 aliphatic rings. The van der Waals surface area contributed by atoms with Gasteiger partial charge in [0.2, 0.25) is 0 Å². The normalized spacial score (nSPS) is 15.8. The number of nitrogens with zero attached hydrogens (tertiary/aromatic N) is 4. The van der Waals surface area contributed by atoms with Crippen molar-refractivity contribution in [1.29, 1.82) is 0 Å². The second kappa shape index (κ2) is 6.20. The van der Waals surface area contributed by atoms with Gasteiger partial charge in [-0.1, -0.05) is 29.8 Å². The zero-order valence-electron chi connectivity index (χ0n) is 11.4. The van der Waals surface area contributed by atoms with Crippen molar-refractivity contribution in [1.82, 2.24) is 19.7 Å². The van der Waals surface area contributed by atoms with E-state index in [-0.39, 0.29) is 5.15 Å². The van der Waals surface area contributed by atoms with Crippen LogP contribution in [0.3, 0.4) is 0 Å². The fourth-order valence-corrected chi connectivity index (χ4v) is 2.45. The standard InChI is InChI=1S/C15H15ClN4O/c16-15-12(8-17-10-18-15)14(21)13-6-7-20(19-13)9-11-4-2-1-3-5-11/h2,4-8,10,14,21H,1,3,9H2. The minimum Gasteiger partial charge on any atom is -0.382 e. The summed E-state index contributed by atoms with van der Waals surface area (Å²) >= 11 is 5.97. The van der Waals surface area contributed by atoms with E-state index in [1.807, 2.05) is 6.20 Å². The SMILES string of the molecule is OC(c1ccn(CC2=CCCC=C2)n1)c1cncnc1Cl. The number of aromatic nitrogens is 4. The molecule has 0 saturated heterocycles. The number of rotatable bonds is 4. The van der Waals surface area contributed by atoms with E-state index in [1.165, 1.54) is 18.1 Å². The Morgan fingerprint density at radius 2 is 2.29 bits per heavy atom. The molecule has 108 valence electrons. The van der Waals surface area contributed by atoms with Crippen LogP contribution in [0.2, 0.25) is 5.15 Å². The van der Waals surface area contributed by atoms with E-state index in [4.69, 9.17) is 11.6 Å². The minimum atomic E-state index is -0.921. The molecule has 0 bridgehead atoms. The second-order valence-corrected chi connectivity index (χ2v) is 5.23. The van der Waals surface area contributed by atoms with Gasteiger partial charge in [-0.25, -0.2) is 9.97 Å². The molecule has 0 amide bonds. The zero-order valence-corrected chi connectivity index (χ0v) is 12.1. The third-order valence-corrected chi connectivity index (χ3v) is 3.66. The second-order valence-electron chi connectivity index (χ2n) is 4.87. The fraction of sp³-hybridized carbons (Fsp3) is 0.267. The van der Waals surface area contributed by atoms with Crippen molar-refractivity contribution in [2.45, 2.75) is 25.5 Å². The van der Waals surface area contributed by atoms with Crippen LogP contribution in [0.4, 0.5) is 0 Å². The van der Waals surface area contributed by atoms with Gasteiger partial charge in [-0.05, 0) is 24.5 Å². The Hall–Kier alpha value is -1.98. The number of aliphatic hydroxyl groups is 1. The van der Waals surface area contributed by atoms with Gasteiger partial charge in [0.05, 0.1) is 12.2 Å². The molecule has 0 saturated carbocycles. The summed E-state index contributed by atoms with van der Waals surface area (Å²) in [5, 5.41) is 15.0. The van der Waals surface area contributed by atoms with Crippen molar-refractivity contribution in [3.05, 3.63) is 65.0 Å². The molecule has 5 nitrogen and oxygen atoms in total. The lowest BCUT2D eigenvalue weighted by Gasteiger charge is -2.09. The molecular formula is C15H15ClN4O. The van der Waals surface area contributed by atoms with Gasteiger partial charge >= 0.3 is 0 Å². The fourth-order valence-electron chi connectivity index (χ4n) is 2.25. The van der Waals surface area contributed by atoms with Gasteiger partial charge in [-0.2, -0.15) is 5.10 Å². The van der Waals surface area contributed by atoms with Gasteiger partial charge in [-0.3, -0.25) is 4.68 Å². The quantitative estimate of drug-likeness (QED) is 0.882. The summed E-state index contributed by atoms with van der Waals surface area (Å²) < 4.78 is 1.80. The van der Waals surface area contributed by atoms with Crippen molar-refractivity contribution in [3.63, 3.8) is 0 Å². The van der Waals surface area contributed by atoms with E-state index < -0.39 is 6.10 Å². The summed E-state index contributed by atoms with van der Waals surface area (Å²) in [5.74, 6) is 0. The number of aliphatic hydroxyl groups excluding tert-OH is 1. The third-order valence-electron chi connectivity index (χ3n) is 3.34. The number of allylic oxidation sites excluding steroid dienone is 4. The highest BCUT2D eigenvalue weighted by atomic mass is 35.5. The molecule has 6 heteroatoms. The van der Waals surface area contributed by atoms with Crippen molar-refractivity contribution in [2.24, 2.45) is 0 Å². The molecular weight excluding hydrogens is 288 g/mol. The molecule has 0 aliphatic heterocycles. The topological polar surface area (TPSA) is 63.8 Å². The molecule has 21 heavy (non-hydrogen) atoms. The molecule has 1 unspecified atom stereocenters. The first kappa shape index (κ1) is 14.0. The number of hydrogen-bond donors (Lipinski definition) is 1. The molecule has 1 aliphatic carbocycles. The number of halogens is 1. The molecule has 0 fully saturated rings. The molecule has 0 radical (unpaired) electrons. The zero-order chi connectivity index (χ0) is 14.7. The van der Waals surface area contributed by atoms with E-state index in [0.29, 0.717) is 17.8 Å². The first-order chi connectivity index (χ1) is 10.2. The largest absolute Gasteiger partial charge is 0.382 e. The molecule has 2 aromatic rings. The van der Waals surface area contributed by atoms with Gasteiger partial charge in [0.15, 0.2) is 0 Å². The molecule has 2 aromatic heterocycles. The summed E-state index contributed by atoms with van der Waals surface area (Å²) in [4.78, 5) is 7.75. The van der Waals surface area contributed by atoms with Crippen LogP contribution < -0.4 is 0 Å². The van der Waals surface area contributed by atoms with Crippen LogP contribution in [0.25, 0.3) is 0 Å². The van der Waals surface area contributed by atoms with Gasteiger partial charge in [-0.15, -0.1) is 0 Å². The average molecular weight is 303 g/mol. The van der Waals surface area contributed by atoms with Gasteiger partial charge in [0.25, 0.3) is 0 Å². The highest BCUT2D eigenvalue weighted by Gasteiger charge is 2.17. The molecule has 1 atom stereocenters. The lowest BCUT2D eigenvalue weighted by atomic mass is 10.1. The Labute approximate surface area is 127 Å². The highest BCUT2D eigenvalue weighted by molar-refractivity contribution is 6.30. The molecule has 0 aromatic carbocycles. The summed E-state index contributed by atoms with van der Waals surface area (Å²) in [6, 6.07) is 1.78. The predicted octanol–water partition coefficient (Wildman–Crippen LogP) is 2.68. The Kier molecular flexibility index (Phi) is 4.13. The third kappa shape index (κ3) is 3.20. The molecule has 1 N–H and O–H groups in total. The van der Waals surface area contributed by atoms with Crippen molar-refractivity contribution >= 4 is 11.6 Å². The maximum absolute atomic E-state index is 10.3. The summed E-state index contributed by atoms with van der Waals surface area (Å²) in [6.45, 7) is 0.697. The van der Waals surface area contributed by atoms with Crippen LogP contribution in [-0.4, -0.2) is 24.9 Å². The maximum Gasteiger partial charge on any atom is 0.138 e. The minimum absolute atomic E-state index is 0.241. The summed E-state index contributed by atoms with van der Waals surface area (Å²) in [5.41, 5.74) is 2.22. The molecule has 0 spiro atoms. The van der Waals surface area contributed by atoms with Crippen molar-refractivity contribution in [3.8, 4) is 0 Å². The predicted molar refractivity (Wildman–Crippen MR) is 79.8 cm³/mol. The smallest absolute Gasteiger partial charge is 0.138 e. The van der Waals surface area contributed by atoms with Crippen LogP contribution in [-0.2, 0) is 6.54 Å². The van der Waals surface area contributed by atoms with E-state index in [2.05, 4.69) is 33.3 Å².